The first-order chi connectivity index (χ1) is 7.97. The Hall–Kier alpha value is -1.38. The maximum absolute atomic E-state index is 11.8. The zero-order valence-electron chi connectivity index (χ0n) is 8.29. The third-order valence-corrected chi connectivity index (χ3v) is 4.50. The summed E-state index contributed by atoms with van der Waals surface area (Å²) >= 11 is 6.49. The molecular weight excluding hydrogens is 284 g/mol. The molecule has 0 saturated heterocycles. The van der Waals surface area contributed by atoms with Gasteiger partial charge in [0.15, 0.2) is 0 Å². The Morgan fingerprint density at radius 2 is 1.88 bits per heavy atom. The molecule has 0 amide bonds. The number of anilines is 2. The number of hydrogen-bond acceptors (Lipinski definition) is 6. The zero-order valence-corrected chi connectivity index (χ0v) is 10.7. The van der Waals surface area contributed by atoms with E-state index in [1.165, 1.54) is 0 Å². The molecule has 0 aliphatic heterocycles. The number of sulfonamides is 1. The van der Waals surface area contributed by atoms with Gasteiger partial charge in [0.05, 0.1) is 0 Å². The fraction of sp³-hybridized carbons (Fsp3) is 0. The van der Waals surface area contributed by atoms with Gasteiger partial charge < -0.3 is 5.73 Å². The first-order valence-corrected chi connectivity index (χ1v) is 7.02. The number of nitrogens with one attached hydrogen (secondary N) is 1. The normalized spacial score (nSPS) is 11.4. The van der Waals surface area contributed by atoms with Crippen molar-refractivity contribution in [3.63, 3.8) is 0 Å². The lowest BCUT2D eigenvalue weighted by Gasteiger charge is -2.04. The molecule has 0 radical (unpaired) electrons. The van der Waals surface area contributed by atoms with Gasteiger partial charge in [-0.2, -0.15) is 8.42 Å². The van der Waals surface area contributed by atoms with E-state index in [1.807, 2.05) is 0 Å². The van der Waals surface area contributed by atoms with E-state index < -0.39 is 10.0 Å². The molecule has 9 heteroatoms. The second kappa shape index (κ2) is 4.47. The number of nitrogens with zero attached hydrogens (tertiary/aromatic N) is 2. The second-order valence-electron chi connectivity index (χ2n) is 3.02. The lowest BCUT2D eigenvalue weighted by Crippen LogP contribution is -2.12. The summed E-state index contributed by atoms with van der Waals surface area (Å²) in [6, 6.07) is 6.25. The van der Waals surface area contributed by atoms with E-state index in [9.17, 15) is 8.42 Å². The molecule has 1 aromatic carbocycles. The third-order valence-electron chi connectivity index (χ3n) is 1.75. The highest BCUT2D eigenvalue weighted by molar-refractivity contribution is 7.94. The number of rotatable bonds is 3. The van der Waals surface area contributed by atoms with Crippen molar-refractivity contribution in [1.82, 2.24) is 10.2 Å². The van der Waals surface area contributed by atoms with Crippen molar-refractivity contribution in [2.45, 2.75) is 4.34 Å². The number of aromatic nitrogens is 2. The average Bonchev–Trinajstić information content (AvgIpc) is 2.69. The van der Waals surface area contributed by atoms with Gasteiger partial charge >= 0.3 is 0 Å². The Morgan fingerprint density at radius 3 is 2.41 bits per heavy atom. The van der Waals surface area contributed by atoms with Gasteiger partial charge in [-0.15, -0.1) is 10.2 Å². The van der Waals surface area contributed by atoms with Crippen molar-refractivity contribution in [1.29, 1.82) is 0 Å². The summed E-state index contributed by atoms with van der Waals surface area (Å²) in [5.41, 5.74) is 5.72. The maximum Gasteiger partial charge on any atom is 0.291 e. The highest BCUT2D eigenvalue weighted by Crippen LogP contribution is 2.21. The van der Waals surface area contributed by atoms with E-state index in [-0.39, 0.29) is 9.47 Å². The Kier molecular flexibility index (Phi) is 3.18. The van der Waals surface area contributed by atoms with E-state index in [0.29, 0.717) is 10.7 Å². The fourth-order valence-corrected chi connectivity index (χ4v) is 3.02. The van der Waals surface area contributed by atoms with Crippen LogP contribution in [0.3, 0.4) is 0 Å². The summed E-state index contributed by atoms with van der Waals surface area (Å²) in [5.74, 6) is 0. The van der Waals surface area contributed by atoms with Crippen molar-refractivity contribution >= 4 is 43.8 Å². The molecule has 0 unspecified atom stereocenters. The maximum atomic E-state index is 11.8. The minimum absolute atomic E-state index is 0.0986. The van der Waals surface area contributed by atoms with Crippen molar-refractivity contribution in [3.8, 4) is 0 Å². The molecule has 1 heterocycles. The predicted molar refractivity (Wildman–Crippen MR) is 66.6 cm³/mol. The molecule has 3 N–H and O–H groups in total. The van der Waals surface area contributed by atoms with Crippen LogP contribution in [0.4, 0.5) is 10.8 Å². The molecule has 0 saturated carbocycles. The number of nitrogen functional groups attached to an aromatic ring is 1. The van der Waals surface area contributed by atoms with Crippen LogP contribution in [0.5, 0.6) is 0 Å². The van der Waals surface area contributed by atoms with Crippen molar-refractivity contribution in [2.75, 3.05) is 10.5 Å². The molecular formula is C8H7ClN4O2S2. The minimum atomic E-state index is -3.73. The first-order valence-electron chi connectivity index (χ1n) is 4.35. The third kappa shape index (κ3) is 2.84. The van der Waals surface area contributed by atoms with Crippen molar-refractivity contribution < 1.29 is 8.42 Å². The summed E-state index contributed by atoms with van der Waals surface area (Å²) in [5, 5.41) is 7.53. The lowest BCUT2D eigenvalue weighted by atomic mass is 10.3. The molecule has 0 bridgehead atoms. The molecule has 2 aromatic rings. The van der Waals surface area contributed by atoms with Gasteiger partial charge in [0.25, 0.3) is 14.4 Å². The second-order valence-corrected chi connectivity index (χ2v) is 6.32. The largest absolute Gasteiger partial charge is 0.374 e. The molecule has 1 aromatic heterocycles. The van der Waals surface area contributed by atoms with Crippen molar-refractivity contribution in [2.24, 2.45) is 0 Å². The Balaban J connectivity index is 2.26. The zero-order chi connectivity index (χ0) is 12.5. The standard InChI is InChI=1S/C8H7ClN4O2S2/c9-5-1-3-6(4-2-5)13-17(14,15)8-12-11-7(10)16-8/h1-4,13H,(H2,10,11). The summed E-state index contributed by atoms with van der Waals surface area (Å²) in [6.45, 7) is 0. The fourth-order valence-electron chi connectivity index (χ4n) is 1.05. The van der Waals surface area contributed by atoms with E-state index in [0.717, 1.165) is 11.3 Å². The van der Waals surface area contributed by atoms with Gasteiger partial charge in [0.1, 0.15) is 0 Å². The van der Waals surface area contributed by atoms with Gasteiger partial charge in [-0.05, 0) is 24.3 Å². The van der Waals surface area contributed by atoms with Crippen LogP contribution in [0.2, 0.25) is 5.02 Å². The molecule has 17 heavy (non-hydrogen) atoms. The Bertz CT molecular complexity index is 623. The summed E-state index contributed by atoms with van der Waals surface area (Å²) in [7, 11) is -3.73. The average molecular weight is 291 g/mol. The molecule has 0 atom stereocenters. The van der Waals surface area contributed by atoms with Crippen LogP contribution in [0.15, 0.2) is 28.6 Å². The van der Waals surface area contributed by atoms with Gasteiger partial charge in [0, 0.05) is 10.7 Å². The monoisotopic (exact) mass is 290 g/mol. The van der Waals surface area contributed by atoms with Gasteiger partial charge in [-0.3, -0.25) is 4.72 Å². The van der Waals surface area contributed by atoms with Gasteiger partial charge in [-0.25, -0.2) is 0 Å². The van der Waals surface area contributed by atoms with Crippen LogP contribution >= 0.6 is 22.9 Å². The predicted octanol–water partition coefficient (Wildman–Crippen LogP) is 1.57. The Labute approximate surface area is 106 Å². The highest BCUT2D eigenvalue weighted by atomic mass is 35.5. The molecule has 0 spiro atoms. The molecule has 0 aliphatic carbocycles. The topological polar surface area (TPSA) is 98.0 Å². The molecule has 0 fully saturated rings. The lowest BCUT2D eigenvalue weighted by molar-refractivity contribution is 0.599. The molecule has 2 rings (SSSR count). The van der Waals surface area contributed by atoms with E-state index >= 15 is 0 Å². The molecule has 6 nitrogen and oxygen atoms in total. The smallest absolute Gasteiger partial charge is 0.291 e. The number of nitrogens with two attached hydrogens (primary N) is 1. The summed E-state index contributed by atoms with van der Waals surface area (Å²) in [6.07, 6.45) is 0. The van der Waals surface area contributed by atoms with Crippen LogP contribution in [0.25, 0.3) is 0 Å². The highest BCUT2D eigenvalue weighted by Gasteiger charge is 2.19. The minimum Gasteiger partial charge on any atom is -0.374 e. The number of halogens is 1. The SMILES string of the molecule is Nc1nnc(S(=O)(=O)Nc2ccc(Cl)cc2)s1. The van der Waals surface area contributed by atoms with Gasteiger partial charge in [-0.1, -0.05) is 22.9 Å². The van der Waals surface area contributed by atoms with E-state index in [4.69, 9.17) is 17.3 Å². The summed E-state index contributed by atoms with van der Waals surface area (Å²) in [4.78, 5) is 0. The number of benzene rings is 1. The van der Waals surface area contributed by atoms with Crippen LogP contribution in [-0.2, 0) is 10.0 Å². The first kappa shape index (κ1) is 12.1. The van der Waals surface area contributed by atoms with Crippen LogP contribution in [0, 0.1) is 0 Å². The molecule has 90 valence electrons. The van der Waals surface area contributed by atoms with Crippen LogP contribution in [-0.4, -0.2) is 18.6 Å². The quantitative estimate of drug-likeness (QED) is 0.894. The van der Waals surface area contributed by atoms with Crippen LogP contribution < -0.4 is 10.5 Å². The Morgan fingerprint density at radius 1 is 1.24 bits per heavy atom. The van der Waals surface area contributed by atoms with E-state index in [1.54, 1.807) is 24.3 Å². The molecule has 0 aliphatic rings. The van der Waals surface area contributed by atoms with Crippen molar-refractivity contribution in [3.05, 3.63) is 29.3 Å². The summed E-state index contributed by atoms with van der Waals surface area (Å²) < 4.78 is 25.8. The van der Waals surface area contributed by atoms with Crippen LogP contribution in [0.1, 0.15) is 0 Å². The van der Waals surface area contributed by atoms with Gasteiger partial charge in [0.2, 0.25) is 5.13 Å². The van der Waals surface area contributed by atoms with E-state index in [2.05, 4.69) is 14.9 Å². The number of hydrogen-bond donors (Lipinski definition) is 2.